The molecule has 4 rings (SSSR count). The maximum Gasteiger partial charge on any atom is 0.251 e. The Balaban J connectivity index is 1.26. The van der Waals surface area contributed by atoms with E-state index in [4.69, 9.17) is 11.6 Å². The van der Waals surface area contributed by atoms with E-state index in [9.17, 15) is 14.4 Å². The van der Waals surface area contributed by atoms with Crippen molar-refractivity contribution >= 4 is 52.5 Å². The Bertz CT molecular complexity index is 1170. The summed E-state index contributed by atoms with van der Waals surface area (Å²) >= 11 is 7.73. The zero-order valence-corrected chi connectivity index (χ0v) is 19.3. The van der Waals surface area contributed by atoms with Crippen LogP contribution in [0.3, 0.4) is 0 Å². The van der Waals surface area contributed by atoms with E-state index in [1.54, 1.807) is 41.3 Å². The van der Waals surface area contributed by atoms with Crippen molar-refractivity contribution in [3.05, 3.63) is 83.4 Å². The van der Waals surface area contributed by atoms with Gasteiger partial charge in [0.15, 0.2) is 0 Å². The predicted molar refractivity (Wildman–Crippen MR) is 131 cm³/mol. The molecule has 0 aromatic heterocycles. The Labute approximate surface area is 201 Å². The van der Waals surface area contributed by atoms with Crippen molar-refractivity contribution in [3.63, 3.8) is 0 Å². The molecule has 8 heteroatoms. The minimum atomic E-state index is -0.351. The van der Waals surface area contributed by atoms with Crippen LogP contribution in [0.4, 0.5) is 11.4 Å². The van der Waals surface area contributed by atoms with Gasteiger partial charge in [0.05, 0.1) is 11.6 Å². The minimum absolute atomic E-state index is 0.0966. The first-order valence-electron chi connectivity index (χ1n) is 10.5. The molecule has 3 aromatic rings. The lowest BCUT2D eigenvalue weighted by molar-refractivity contribution is -0.117. The number of carbonyl (C=O) groups is 3. The highest BCUT2D eigenvalue weighted by molar-refractivity contribution is 7.99. The van der Waals surface area contributed by atoms with E-state index in [2.05, 4.69) is 10.6 Å². The number of nitrogens with one attached hydrogen (secondary N) is 2. The molecule has 33 heavy (non-hydrogen) atoms. The van der Waals surface area contributed by atoms with Gasteiger partial charge in [-0.3, -0.25) is 14.4 Å². The third-order valence-corrected chi connectivity index (χ3v) is 6.65. The van der Waals surface area contributed by atoms with E-state index >= 15 is 0 Å². The Kier molecular flexibility index (Phi) is 7.32. The van der Waals surface area contributed by atoms with Gasteiger partial charge < -0.3 is 15.5 Å². The average molecular weight is 480 g/mol. The van der Waals surface area contributed by atoms with Crippen LogP contribution in [0.15, 0.2) is 82.6 Å². The van der Waals surface area contributed by atoms with E-state index in [0.29, 0.717) is 29.2 Å². The molecule has 3 aromatic carbocycles. The number of amides is 3. The molecule has 1 saturated heterocycles. The van der Waals surface area contributed by atoms with E-state index in [1.807, 2.05) is 36.4 Å². The first-order chi connectivity index (χ1) is 16.0. The first kappa shape index (κ1) is 22.9. The average Bonchev–Trinajstić information content (AvgIpc) is 3.26. The number of hydrogen-bond donors (Lipinski definition) is 2. The minimum Gasteiger partial charge on any atom is -0.343 e. The van der Waals surface area contributed by atoms with Gasteiger partial charge in [-0.2, -0.15) is 0 Å². The maximum absolute atomic E-state index is 12.4. The van der Waals surface area contributed by atoms with Crippen LogP contribution >= 0.6 is 23.4 Å². The lowest BCUT2D eigenvalue weighted by Crippen LogP contribution is -2.32. The second kappa shape index (κ2) is 10.6. The second-order valence-electron chi connectivity index (χ2n) is 7.48. The fraction of sp³-hybridized carbons (Fsp3) is 0.160. The van der Waals surface area contributed by atoms with Crippen molar-refractivity contribution in [3.8, 4) is 0 Å². The van der Waals surface area contributed by atoms with Gasteiger partial charge in [-0.1, -0.05) is 35.5 Å². The maximum atomic E-state index is 12.4. The number of halogens is 1. The van der Waals surface area contributed by atoms with Gasteiger partial charge in [-0.25, -0.2) is 0 Å². The van der Waals surface area contributed by atoms with Crippen LogP contribution in [0.25, 0.3) is 0 Å². The quantitative estimate of drug-likeness (QED) is 0.500. The number of hydrogen-bond acceptors (Lipinski definition) is 4. The molecule has 6 nitrogen and oxygen atoms in total. The highest BCUT2D eigenvalue weighted by atomic mass is 35.5. The highest BCUT2D eigenvalue weighted by Crippen LogP contribution is 2.33. The highest BCUT2D eigenvalue weighted by Gasteiger charge is 2.21. The molecule has 0 aliphatic carbocycles. The number of nitrogens with zero attached hydrogens (tertiary/aromatic N) is 1. The monoisotopic (exact) mass is 479 g/mol. The van der Waals surface area contributed by atoms with E-state index in [1.165, 1.54) is 11.8 Å². The standard InChI is InChI=1S/C25H22ClN3O3S/c26-21-4-1-2-5-22(21)33-20-13-9-18(10-14-20)28-23(30)16-27-25(32)17-7-11-19(12-8-17)29-15-3-6-24(29)31/h1-2,4-5,7-14H,3,6,15-16H2,(H,27,32)(H,28,30). The van der Waals surface area contributed by atoms with Gasteiger partial charge >= 0.3 is 0 Å². The summed E-state index contributed by atoms with van der Waals surface area (Å²) in [5.41, 5.74) is 1.85. The van der Waals surface area contributed by atoms with Crippen molar-refractivity contribution in [1.29, 1.82) is 0 Å². The molecule has 1 fully saturated rings. The lowest BCUT2D eigenvalue weighted by Gasteiger charge is -2.15. The molecule has 0 radical (unpaired) electrons. The third-order valence-electron chi connectivity index (χ3n) is 5.13. The molecule has 0 saturated carbocycles. The van der Waals surface area contributed by atoms with E-state index in [-0.39, 0.29) is 24.3 Å². The van der Waals surface area contributed by atoms with Gasteiger partial charge in [0.25, 0.3) is 5.91 Å². The summed E-state index contributed by atoms with van der Waals surface area (Å²) in [5, 5.41) is 6.08. The number of carbonyl (C=O) groups excluding carboxylic acids is 3. The summed E-state index contributed by atoms with van der Waals surface area (Å²) in [6, 6.07) is 21.8. The SMILES string of the molecule is O=C(CNC(=O)c1ccc(N2CCCC2=O)cc1)Nc1ccc(Sc2ccccc2Cl)cc1. The van der Waals surface area contributed by atoms with Gasteiger partial charge in [-0.05, 0) is 67.1 Å². The Hall–Kier alpha value is -3.29. The molecule has 0 spiro atoms. The summed E-state index contributed by atoms with van der Waals surface area (Å²) in [6.45, 7) is 0.547. The van der Waals surface area contributed by atoms with Crippen molar-refractivity contribution in [2.75, 3.05) is 23.3 Å². The van der Waals surface area contributed by atoms with Crippen LogP contribution in [-0.4, -0.2) is 30.8 Å². The number of anilines is 2. The van der Waals surface area contributed by atoms with Crippen molar-refractivity contribution < 1.29 is 14.4 Å². The summed E-state index contributed by atoms with van der Waals surface area (Å²) in [6.07, 6.45) is 1.40. The smallest absolute Gasteiger partial charge is 0.251 e. The Morgan fingerprint density at radius 2 is 1.70 bits per heavy atom. The van der Waals surface area contributed by atoms with Crippen LogP contribution in [0.1, 0.15) is 23.2 Å². The molecule has 1 aliphatic heterocycles. The molecule has 0 atom stereocenters. The van der Waals surface area contributed by atoms with Crippen molar-refractivity contribution in [1.82, 2.24) is 5.32 Å². The fourth-order valence-electron chi connectivity index (χ4n) is 3.44. The number of benzene rings is 3. The number of rotatable bonds is 7. The van der Waals surface area contributed by atoms with Gasteiger partial charge in [0.1, 0.15) is 0 Å². The van der Waals surface area contributed by atoms with E-state index in [0.717, 1.165) is 21.9 Å². The summed E-state index contributed by atoms with van der Waals surface area (Å²) in [4.78, 5) is 40.1. The molecular formula is C25H22ClN3O3S. The molecular weight excluding hydrogens is 458 g/mol. The lowest BCUT2D eigenvalue weighted by atomic mass is 10.2. The summed E-state index contributed by atoms with van der Waals surface area (Å²) < 4.78 is 0. The van der Waals surface area contributed by atoms with Crippen LogP contribution in [0.5, 0.6) is 0 Å². The molecule has 0 bridgehead atoms. The van der Waals surface area contributed by atoms with Crippen LogP contribution < -0.4 is 15.5 Å². The molecule has 1 heterocycles. The van der Waals surface area contributed by atoms with Crippen molar-refractivity contribution in [2.24, 2.45) is 0 Å². The Morgan fingerprint density at radius 1 is 0.970 bits per heavy atom. The summed E-state index contributed by atoms with van der Waals surface area (Å²) in [7, 11) is 0. The third kappa shape index (κ3) is 5.94. The van der Waals surface area contributed by atoms with Gasteiger partial charge in [-0.15, -0.1) is 0 Å². The molecule has 3 amide bonds. The molecule has 1 aliphatic rings. The van der Waals surface area contributed by atoms with Crippen LogP contribution in [-0.2, 0) is 9.59 Å². The van der Waals surface area contributed by atoms with Gasteiger partial charge in [0.2, 0.25) is 11.8 Å². The predicted octanol–water partition coefficient (Wildman–Crippen LogP) is 4.99. The largest absolute Gasteiger partial charge is 0.343 e. The first-order valence-corrected chi connectivity index (χ1v) is 11.7. The second-order valence-corrected chi connectivity index (χ2v) is 9.01. The van der Waals surface area contributed by atoms with Crippen LogP contribution in [0.2, 0.25) is 5.02 Å². The zero-order valence-electron chi connectivity index (χ0n) is 17.7. The molecule has 2 N–H and O–H groups in total. The van der Waals surface area contributed by atoms with Crippen molar-refractivity contribution in [2.45, 2.75) is 22.6 Å². The topological polar surface area (TPSA) is 78.5 Å². The molecule has 0 unspecified atom stereocenters. The molecule has 168 valence electrons. The van der Waals surface area contributed by atoms with E-state index < -0.39 is 0 Å². The normalized spacial score (nSPS) is 13.1. The zero-order chi connectivity index (χ0) is 23.2. The van der Waals surface area contributed by atoms with Gasteiger partial charge in [0, 0.05) is 39.7 Å². The fourth-order valence-corrected chi connectivity index (χ4v) is 4.53. The van der Waals surface area contributed by atoms with Crippen LogP contribution in [0, 0.1) is 0 Å². The Morgan fingerprint density at radius 3 is 2.36 bits per heavy atom. The summed E-state index contributed by atoms with van der Waals surface area (Å²) in [5.74, 6) is -0.579.